The van der Waals surface area contributed by atoms with Crippen molar-refractivity contribution >= 4 is 10.0 Å². The van der Waals surface area contributed by atoms with Crippen LogP contribution in [-0.4, -0.2) is 52.2 Å². The summed E-state index contributed by atoms with van der Waals surface area (Å²) in [5, 5.41) is 0. The number of aryl methyl sites for hydroxylation is 2. The van der Waals surface area contributed by atoms with Crippen LogP contribution >= 0.6 is 0 Å². The van der Waals surface area contributed by atoms with Gasteiger partial charge in [0.05, 0.1) is 18.1 Å². The van der Waals surface area contributed by atoms with E-state index in [1.165, 1.54) is 0 Å². The Labute approximate surface area is 140 Å². The zero-order valence-corrected chi connectivity index (χ0v) is 15.3. The predicted octanol–water partition coefficient (Wildman–Crippen LogP) is 1.94. The Morgan fingerprint density at radius 1 is 1.17 bits per heavy atom. The Hall–Kier alpha value is -0.950. The maximum absolute atomic E-state index is 12.6. The summed E-state index contributed by atoms with van der Waals surface area (Å²) in [7, 11) is -3.47. The van der Waals surface area contributed by atoms with Gasteiger partial charge in [-0.1, -0.05) is 19.9 Å². The van der Waals surface area contributed by atoms with Gasteiger partial charge in [-0.25, -0.2) is 13.1 Å². The van der Waals surface area contributed by atoms with Crippen LogP contribution in [0, 0.1) is 19.8 Å². The summed E-state index contributed by atoms with van der Waals surface area (Å²) in [4.78, 5) is 2.65. The molecule has 0 amide bonds. The molecule has 1 atom stereocenters. The molecule has 1 aliphatic heterocycles. The van der Waals surface area contributed by atoms with E-state index in [1.807, 2.05) is 19.9 Å². The van der Waals surface area contributed by atoms with Crippen LogP contribution in [0.2, 0.25) is 0 Å². The molecule has 1 aliphatic rings. The summed E-state index contributed by atoms with van der Waals surface area (Å²) < 4.78 is 33.3. The minimum atomic E-state index is -3.47. The Morgan fingerprint density at radius 3 is 2.39 bits per heavy atom. The van der Waals surface area contributed by atoms with Crippen molar-refractivity contribution < 1.29 is 13.2 Å². The highest BCUT2D eigenvalue weighted by molar-refractivity contribution is 7.89. The normalized spacial score (nSPS) is 18.3. The van der Waals surface area contributed by atoms with Gasteiger partial charge < -0.3 is 4.74 Å². The highest BCUT2D eigenvalue weighted by Crippen LogP contribution is 2.16. The first-order chi connectivity index (χ1) is 10.8. The highest BCUT2D eigenvalue weighted by Gasteiger charge is 2.26. The van der Waals surface area contributed by atoms with Gasteiger partial charge in [0, 0.05) is 25.7 Å². The molecular weight excluding hydrogens is 312 g/mol. The molecule has 2 rings (SSSR count). The summed E-state index contributed by atoms with van der Waals surface area (Å²) >= 11 is 0. The second kappa shape index (κ2) is 7.75. The van der Waals surface area contributed by atoms with Gasteiger partial charge in [0.15, 0.2) is 0 Å². The molecule has 0 radical (unpaired) electrons. The second-order valence-corrected chi connectivity index (χ2v) is 8.32. The molecule has 1 heterocycles. The number of nitrogens with one attached hydrogen (secondary N) is 1. The molecule has 1 unspecified atom stereocenters. The van der Waals surface area contributed by atoms with Crippen molar-refractivity contribution in [2.75, 3.05) is 32.8 Å². The standard InChI is InChI=1S/C17H28N2O3S/c1-13(2)17(19-7-9-22-10-8-19)12-18-23(20,21)16-6-5-14(3)15(4)11-16/h5-6,11,13,17-18H,7-10,12H2,1-4H3. The fraction of sp³-hybridized carbons (Fsp3) is 0.647. The molecule has 1 saturated heterocycles. The molecule has 23 heavy (non-hydrogen) atoms. The molecule has 0 aliphatic carbocycles. The van der Waals surface area contributed by atoms with E-state index in [1.54, 1.807) is 12.1 Å². The molecule has 0 aromatic heterocycles. The minimum Gasteiger partial charge on any atom is -0.379 e. The maximum atomic E-state index is 12.6. The van der Waals surface area contributed by atoms with Gasteiger partial charge >= 0.3 is 0 Å². The molecule has 1 fully saturated rings. The lowest BCUT2D eigenvalue weighted by molar-refractivity contribution is 0.00776. The number of sulfonamides is 1. The summed E-state index contributed by atoms with van der Waals surface area (Å²) in [5.41, 5.74) is 2.08. The van der Waals surface area contributed by atoms with Crippen molar-refractivity contribution in [3.05, 3.63) is 29.3 Å². The van der Waals surface area contributed by atoms with E-state index in [0.29, 0.717) is 30.6 Å². The van der Waals surface area contributed by atoms with Crippen molar-refractivity contribution in [2.45, 2.75) is 38.6 Å². The lowest BCUT2D eigenvalue weighted by Crippen LogP contribution is -2.51. The van der Waals surface area contributed by atoms with E-state index in [-0.39, 0.29) is 6.04 Å². The van der Waals surface area contributed by atoms with Crippen LogP contribution < -0.4 is 4.72 Å². The van der Waals surface area contributed by atoms with Crippen LogP contribution in [-0.2, 0) is 14.8 Å². The van der Waals surface area contributed by atoms with E-state index in [9.17, 15) is 8.42 Å². The number of benzene rings is 1. The average Bonchev–Trinajstić information content (AvgIpc) is 2.50. The van der Waals surface area contributed by atoms with Gasteiger partial charge in [0.1, 0.15) is 0 Å². The zero-order valence-electron chi connectivity index (χ0n) is 14.5. The van der Waals surface area contributed by atoms with E-state index >= 15 is 0 Å². The first kappa shape index (κ1) is 18.4. The van der Waals surface area contributed by atoms with Gasteiger partial charge in [-0.05, 0) is 43.0 Å². The van der Waals surface area contributed by atoms with Crippen LogP contribution in [0.5, 0.6) is 0 Å². The summed E-state index contributed by atoms with van der Waals surface area (Å²) in [6.07, 6.45) is 0. The second-order valence-electron chi connectivity index (χ2n) is 6.56. The average molecular weight is 340 g/mol. The van der Waals surface area contributed by atoms with Crippen molar-refractivity contribution in [3.63, 3.8) is 0 Å². The van der Waals surface area contributed by atoms with Crippen molar-refractivity contribution in [1.82, 2.24) is 9.62 Å². The third kappa shape index (κ3) is 4.76. The van der Waals surface area contributed by atoms with Crippen LogP contribution in [0.3, 0.4) is 0 Å². The Balaban J connectivity index is 2.07. The number of hydrogen-bond acceptors (Lipinski definition) is 4. The van der Waals surface area contributed by atoms with Gasteiger partial charge in [0.25, 0.3) is 0 Å². The first-order valence-corrected chi connectivity index (χ1v) is 9.68. The maximum Gasteiger partial charge on any atom is 0.240 e. The van der Waals surface area contributed by atoms with Gasteiger partial charge in [-0.15, -0.1) is 0 Å². The molecular formula is C17H28N2O3S. The molecule has 0 bridgehead atoms. The SMILES string of the molecule is Cc1ccc(S(=O)(=O)NCC(C(C)C)N2CCOCC2)cc1C. The van der Waals surface area contributed by atoms with Crippen LogP contribution in [0.15, 0.2) is 23.1 Å². The molecule has 130 valence electrons. The number of ether oxygens (including phenoxy) is 1. The van der Waals surface area contributed by atoms with Gasteiger partial charge in [0.2, 0.25) is 10.0 Å². The van der Waals surface area contributed by atoms with E-state index in [0.717, 1.165) is 24.2 Å². The third-order valence-corrected chi connectivity index (χ3v) is 5.98. The lowest BCUT2D eigenvalue weighted by atomic mass is 10.0. The topological polar surface area (TPSA) is 58.6 Å². The largest absolute Gasteiger partial charge is 0.379 e. The van der Waals surface area contributed by atoms with Crippen molar-refractivity contribution in [2.24, 2.45) is 5.92 Å². The van der Waals surface area contributed by atoms with Gasteiger partial charge in [-0.3, -0.25) is 4.90 Å². The molecule has 1 N–H and O–H groups in total. The molecule has 1 aromatic carbocycles. The number of rotatable bonds is 6. The molecule has 5 nitrogen and oxygen atoms in total. The molecule has 0 saturated carbocycles. The van der Waals surface area contributed by atoms with Crippen LogP contribution in [0.25, 0.3) is 0 Å². The number of hydrogen-bond donors (Lipinski definition) is 1. The monoisotopic (exact) mass is 340 g/mol. The van der Waals surface area contributed by atoms with Crippen LogP contribution in [0.1, 0.15) is 25.0 Å². The fourth-order valence-electron chi connectivity index (χ4n) is 2.86. The Kier molecular flexibility index (Phi) is 6.19. The lowest BCUT2D eigenvalue weighted by Gasteiger charge is -2.36. The Morgan fingerprint density at radius 2 is 1.83 bits per heavy atom. The van der Waals surface area contributed by atoms with Crippen LogP contribution in [0.4, 0.5) is 0 Å². The number of nitrogens with zero attached hydrogens (tertiary/aromatic N) is 1. The summed E-state index contributed by atoms with van der Waals surface area (Å²) in [5.74, 6) is 0.371. The predicted molar refractivity (Wildman–Crippen MR) is 92.1 cm³/mol. The molecule has 6 heteroatoms. The number of morpholine rings is 1. The van der Waals surface area contributed by atoms with Crippen molar-refractivity contribution in [1.29, 1.82) is 0 Å². The summed E-state index contributed by atoms with van der Waals surface area (Å²) in [6, 6.07) is 5.44. The van der Waals surface area contributed by atoms with E-state index in [2.05, 4.69) is 23.5 Å². The van der Waals surface area contributed by atoms with Gasteiger partial charge in [-0.2, -0.15) is 0 Å². The minimum absolute atomic E-state index is 0.181. The molecule has 1 aromatic rings. The molecule has 0 spiro atoms. The van der Waals surface area contributed by atoms with Crippen molar-refractivity contribution in [3.8, 4) is 0 Å². The zero-order chi connectivity index (χ0) is 17.0. The first-order valence-electron chi connectivity index (χ1n) is 8.20. The highest BCUT2D eigenvalue weighted by atomic mass is 32.2. The fourth-order valence-corrected chi connectivity index (χ4v) is 3.99. The van der Waals surface area contributed by atoms with E-state index < -0.39 is 10.0 Å². The quantitative estimate of drug-likeness (QED) is 0.860. The Bertz CT molecular complexity index is 623. The summed E-state index contributed by atoms with van der Waals surface area (Å²) in [6.45, 7) is 11.7. The third-order valence-electron chi connectivity index (χ3n) is 4.56. The van der Waals surface area contributed by atoms with E-state index in [4.69, 9.17) is 4.74 Å². The smallest absolute Gasteiger partial charge is 0.240 e.